The minimum absolute atomic E-state index is 0.710. The average Bonchev–Trinajstić information content (AvgIpc) is 2.36. The number of rotatable bonds is 9. The van der Waals surface area contributed by atoms with Gasteiger partial charge in [0.2, 0.25) is 0 Å². The summed E-state index contributed by atoms with van der Waals surface area (Å²) >= 11 is 0. The summed E-state index contributed by atoms with van der Waals surface area (Å²) in [6, 6.07) is 0.710. The molecule has 1 N–H and O–H groups in total. The first-order valence-corrected chi connectivity index (χ1v) is 7.40. The van der Waals surface area contributed by atoms with Crippen molar-refractivity contribution in [2.75, 3.05) is 39.4 Å². The van der Waals surface area contributed by atoms with Gasteiger partial charge >= 0.3 is 0 Å². The molecule has 17 heavy (non-hydrogen) atoms. The molecule has 0 aliphatic carbocycles. The summed E-state index contributed by atoms with van der Waals surface area (Å²) in [6.45, 7) is 10.9. The molecule has 0 radical (unpaired) electrons. The third-order valence-corrected chi connectivity index (χ3v) is 3.33. The second kappa shape index (κ2) is 9.86. The second-order valence-corrected chi connectivity index (χ2v) is 5.06. The molecule has 1 aliphatic heterocycles. The van der Waals surface area contributed by atoms with Crippen molar-refractivity contribution in [3.05, 3.63) is 0 Å². The van der Waals surface area contributed by atoms with E-state index < -0.39 is 0 Å². The van der Waals surface area contributed by atoms with Gasteiger partial charge in [0.05, 0.1) is 6.61 Å². The van der Waals surface area contributed by atoms with Gasteiger partial charge in [0.1, 0.15) is 0 Å². The minimum Gasteiger partial charge on any atom is -0.380 e. The van der Waals surface area contributed by atoms with Gasteiger partial charge < -0.3 is 10.1 Å². The van der Waals surface area contributed by atoms with Crippen molar-refractivity contribution in [2.45, 2.75) is 52.0 Å². The summed E-state index contributed by atoms with van der Waals surface area (Å²) in [5.74, 6) is 0. The maximum atomic E-state index is 5.59. The van der Waals surface area contributed by atoms with E-state index in [9.17, 15) is 0 Å². The Morgan fingerprint density at radius 2 is 2.00 bits per heavy atom. The van der Waals surface area contributed by atoms with E-state index in [-0.39, 0.29) is 0 Å². The lowest BCUT2D eigenvalue weighted by atomic mass is 10.0. The molecule has 1 fully saturated rings. The third kappa shape index (κ3) is 7.02. The topological polar surface area (TPSA) is 24.5 Å². The Kier molecular flexibility index (Phi) is 8.67. The molecule has 0 aromatic rings. The Hall–Kier alpha value is -0.120. The molecule has 0 bridgehead atoms. The van der Waals surface area contributed by atoms with Crippen LogP contribution in [-0.4, -0.2) is 50.3 Å². The van der Waals surface area contributed by atoms with Gasteiger partial charge in [-0.25, -0.2) is 0 Å². The summed E-state index contributed by atoms with van der Waals surface area (Å²) in [7, 11) is 0. The van der Waals surface area contributed by atoms with Crippen LogP contribution >= 0.6 is 0 Å². The van der Waals surface area contributed by atoms with Gasteiger partial charge in [-0.1, -0.05) is 20.3 Å². The fourth-order valence-electron chi connectivity index (χ4n) is 2.44. The van der Waals surface area contributed by atoms with Gasteiger partial charge in [0, 0.05) is 25.7 Å². The van der Waals surface area contributed by atoms with Gasteiger partial charge in [-0.2, -0.15) is 0 Å². The lowest BCUT2D eigenvalue weighted by molar-refractivity contribution is 0.0984. The monoisotopic (exact) mass is 242 g/mol. The van der Waals surface area contributed by atoms with E-state index in [1.165, 1.54) is 45.3 Å². The smallest absolute Gasteiger partial charge is 0.0593 e. The number of hydrogen-bond donors (Lipinski definition) is 1. The van der Waals surface area contributed by atoms with Crippen LogP contribution in [-0.2, 0) is 4.74 Å². The van der Waals surface area contributed by atoms with Gasteiger partial charge in [-0.3, -0.25) is 4.90 Å². The maximum Gasteiger partial charge on any atom is 0.0593 e. The summed E-state index contributed by atoms with van der Waals surface area (Å²) in [5.41, 5.74) is 0. The Labute approximate surface area is 107 Å². The molecule has 102 valence electrons. The van der Waals surface area contributed by atoms with Crippen molar-refractivity contribution in [2.24, 2.45) is 0 Å². The predicted octanol–water partition coefficient (Wildman–Crippen LogP) is 2.27. The van der Waals surface area contributed by atoms with E-state index in [0.29, 0.717) is 6.04 Å². The fraction of sp³-hybridized carbons (Fsp3) is 1.00. The quantitative estimate of drug-likeness (QED) is 0.628. The van der Waals surface area contributed by atoms with Crippen molar-refractivity contribution in [3.8, 4) is 0 Å². The Morgan fingerprint density at radius 1 is 1.12 bits per heavy atom. The van der Waals surface area contributed by atoms with Crippen molar-refractivity contribution in [3.63, 3.8) is 0 Å². The molecule has 1 aliphatic rings. The number of ether oxygens (including phenoxy) is 1. The van der Waals surface area contributed by atoms with E-state index in [1.54, 1.807) is 0 Å². The van der Waals surface area contributed by atoms with Crippen molar-refractivity contribution >= 4 is 0 Å². The molecule has 1 unspecified atom stereocenters. The zero-order valence-electron chi connectivity index (χ0n) is 11.7. The number of hydrogen-bond acceptors (Lipinski definition) is 3. The summed E-state index contributed by atoms with van der Waals surface area (Å²) in [6.07, 6.45) is 6.45. The molecule has 1 saturated heterocycles. The Bertz CT molecular complexity index is 170. The second-order valence-electron chi connectivity index (χ2n) is 5.06. The first-order valence-electron chi connectivity index (χ1n) is 7.40. The molecular formula is C14H30N2O. The predicted molar refractivity (Wildman–Crippen MR) is 73.5 cm³/mol. The van der Waals surface area contributed by atoms with Gasteiger partial charge in [0.25, 0.3) is 0 Å². The molecule has 3 heteroatoms. The zero-order valence-corrected chi connectivity index (χ0v) is 11.7. The molecule has 0 aromatic heterocycles. The van der Waals surface area contributed by atoms with E-state index in [0.717, 1.165) is 26.2 Å². The SMILES string of the molecule is CCCOCCN(CCC)CC1CCCCN1. The summed E-state index contributed by atoms with van der Waals surface area (Å²) in [4.78, 5) is 2.55. The molecule has 1 atom stereocenters. The van der Waals surface area contributed by atoms with Gasteiger partial charge in [-0.05, 0) is 38.8 Å². The largest absolute Gasteiger partial charge is 0.380 e. The lowest BCUT2D eigenvalue weighted by Gasteiger charge is -2.30. The molecule has 0 saturated carbocycles. The first kappa shape index (κ1) is 14.9. The van der Waals surface area contributed by atoms with E-state index in [1.807, 2.05) is 0 Å². The lowest BCUT2D eigenvalue weighted by Crippen LogP contribution is -2.44. The van der Waals surface area contributed by atoms with Crippen LogP contribution in [0, 0.1) is 0 Å². The number of nitrogens with one attached hydrogen (secondary N) is 1. The van der Waals surface area contributed by atoms with E-state index in [2.05, 4.69) is 24.1 Å². The molecular weight excluding hydrogens is 212 g/mol. The third-order valence-electron chi connectivity index (χ3n) is 3.33. The van der Waals surface area contributed by atoms with Crippen LogP contribution in [0.2, 0.25) is 0 Å². The highest BCUT2D eigenvalue weighted by Gasteiger charge is 2.15. The van der Waals surface area contributed by atoms with Gasteiger partial charge in [0.15, 0.2) is 0 Å². The molecule has 0 aromatic carbocycles. The number of piperidine rings is 1. The van der Waals surface area contributed by atoms with Crippen LogP contribution in [0.15, 0.2) is 0 Å². The van der Waals surface area contributed by atoms with Gasteiger partial charge in [-0.15, -0.1) is 0 Å². The standard InChI is InChI=1S/C14H30N2O/c1-3-9-16(10-12-17-11-4-2)13-14-7-5-6-8-15-14/h14-15H,3-13H2,1-2H3. The molecule has 1 heterocycles. The van der Waals surface area contributed by atoms with E-state index in [4.69, 9.17) is 4.74 Å². The van der Waals surface area contributed by atoms with Crippen molar-refractivity contribution in [1.82, 2.24) is 10.2 Å². The van der Waals surface area contributed by atoms with Crippen LogP contribution in [0.3, 0.4) is 0 Å². The summed E-state index contributed by atoms with van der Waals surface area (Å²) < 4.78 is 5.59. The van der Waals surface area contributed by atoms with Crippen LogP contribution in [0.1, 0.15) is 46.0 Å². The van der Waals surface area contributed by atoms with Crippen molar-refractivity contribution < 1.29 is 4.74 Å². The Morgan fingerprint density at radius 3 is 2.65 bits per heavy atom. The number of nitrogens with zero attached hydrogens (tertiary/aromatic N) is 1. The van der Waals surface area contributed by atoms with Crippen molar-refractivity contribution in [1.29, 1.82) is 0 Å². The van der Waals surface area contributed by atoms with Crippen LogP contribution in [0.25, 0.3) is 0 Å². The molecule has 3 nitrogen and oxygen atoms in total. The molecule has 0 spiro atoms. The van der Waals surface area contributed by atoms with Crippen LogP contribution in [0.5, 0.6) is 0 Å². The maximum absolute atomic E-state index is 5.59. The fourth-order valence-corrected chi connectivity index (χ4v) is 2.44. The van der Waals surface area contributed by atoms with Crippen LogP contribution < -0.4 is 5.32 Å². The average molecular weight is 242 g/mol. The van der Waals surface area contributed by atoms with E-state index >= 15 is 0 Å². The highest BCUT2D eigenvalue weighted by Crippen LogP contribution is 2.08. The first-order chi connectivity index (χ1) is 8.36. The Balaban J connectivity index is 2.16. The summed E-state index contributed by atoms with van der Waals surface area (Å²) in [5, 5.41) is 3.63. The zero-order chi connectivity index (χ0) is 12.3. The highest BCUT2D eigenvalue weighted by molar-refractivity contribution is 4.76. The molecule has 0 amide bonds. The minimum atomic E-state index is 0.710. The highest BCUT2D eigenvalue weighted by atomic mass is 16.5. The normalized spacial score (nSPS) is 21.0. The molecule has 1 rings (SSSR count). The van der Waals surface area contributed by atoms with Crippen LogP contribution in [0.4, 0.5) is 0 Å².